The van der Waals surface area contributed by atoms with Gasteiger partial charge in [0.05, 0.1) is 12.2 Å². The molecule has 3 aromatic rings. The molecule has 0 spiro atoms. The van der Waals surface area contributed by atoms with Crippen molar-refractivity contribution >= 4 is 17.5 Å². The van der Waals surface area contributed by atoms with Gasteiger partial charge in [0.15, 0.2) is 0 Å². The normalized spacial score (nSPS) is 13.6. The molecule has 0 saturated carbocycles. The Morgan fingerprint density at radius 3 is 2.58 bits per heavy atom. The molecule has 1 aromatic carbocycles. The third-order valence-corrected chi connectivity index (χ3v) is 5.41. The minimum Gasteiger partial charge on any atom is -0.405 e. The van der Waals surface area contributed by atoms with Gasteiger partial charge < -0.3 is 19.9 Å². The number of benzene rings is 1. The number of ether oxygens (including phenoxy) is 1. The molecule has 36 heavy (non-hydrogen) atoms. The summed E-state index contributed by atoms with van der Waals surface area (Å²) in [6.07, 6.45) is -2.62. The maximum Gasteiger partial charge on any atom is 0.573 e. The Kier molecular flexibility index (Phi) is 6.90. The highest BCUT2D eigenvalue weighted by molar-refractivity contribution is 5.95. The summed E-state index contributed by atoms with van der Waals surface area (Å²) in [7, 11) is 0. The molecule has 10 nitrogen and oxygen atoms in total. The molecule has 3 heterocycles. The van der Waals surface area contributed by atoms with Crippen LogP contribution in [0.2, 0.25) is 0 Å². The lowest BCUT2D eigenvalue weighted by molar-refractivity contribution is -0.274. The Balaban J connectivity index is 1.52. The van der Waals surface area contributed by atoms with E-state index in [1.807, 2.05) is 0 Å². The molecule has 0 radical (unpaired) electrons. The van der Waals surface area contributed by atoms with Gasteiger partial charge in [0, 0.05) is 49.1 Å². The zero-order valence-electron chi connectivity index (χ0n) is 18.7. The molecular formula is C23H20F3N5O5. The van der Waals surface area contributed by atoms with Crippen LogP contribution in [0.25, 0.3) is 0 Å². The molecule has 13 heteroatoms. The van der Waals surface area contributed by atoms with E-state index in [9.17, 15) is 32.3 Å². The molecule has 2 N–H and O–H groups in total. The third-order valence-electron chi connectivity index (χ3n) is 5.41. The number of nitrogens with zero attached hydrogens (tertiary/aromatic N) is 3. The van der Waals surface area contributed by atoms with E-state index >= 15 is 0 Å². The summed E-state index contributed by atoms with van der Waals surface area (Å²) < 4.78 is 43.9. The van der Waals surface area contributed by atoms with Crippen molar-refractivity contribution in [3.05, 3.63) is 86.5 Å². The number of carbonyl (C=O) groups excluding carboxylic acids is 2. The summed E-state index contributed by atoms with van der Waals surface area (Å²) in [4.78, 5) is 57.0. The Bertz CT molecular complexity index is 1370. The van der Waals surface area contributed by atoms with E-state index < -0.39 is 35.8 Å². The smallest absolute Gasteiger partial charge is 0.405 e. The Morgan fingerprint density at radius 2 is 1.94 bits per heavy atom. The lowest BCUT2D eigenvalue weighted by Crippen LogP contribution is -2.38. The first kappa shape index (κ1) is 24.7. The van der Waals surface area contributed by atoms with E-state index in [0.29, 0.717) is 25.1 Å². The second kappa shape index (κ2) is 10.1. The van der Waals surface area contributed by atoms with Crippen LogP contribution in [0, 0.1) is 0 Å². The third kappa shape index (κ3) is 5.79. The van der Waals surface area contributed by atoms with Crippen LogP contribution in [-0.4, -0.2) is 39.3 Å². The number of alkyl halides is 3. The molecule has 2 amide bonds. The summed E-state index contributed by atoms with van der Waals surface area (Å²) in [5.74, 6) is -1.68. The quantitative estimate of drug-likeness (QED) is 0.508. The number of aromatic nitrogens is 3. The lowest BCUT2D eigenvalue weighted by Gasteiger charge is -2.19. The monoisotopic (exact) mass is 503 g/mol. The number of aromatic amines is 1. The van der Waals surface area contributed by atoms with Gasteiger partial charge in [0.25, 0.3) is 11.5 Å². The predicted molar refractivity (Wildman–Crippen MR) is 121 cm³/mol. The molecular weight excluding hydrogens is 483 g/mol. The number of amides is 2. The van der Waals surface area contributed by atoms with Gasteiger partial charge in [0.2, 0.25) is 5.91 Å². The topological polar surface area (TPSA) is 126 Å². The van der Waals surface area contributed by atoms with Crippen LogP contribution in [0.5, 0.6) is 5.75 Å². The van der Waals surface area contributed by atoms with Crippen LogP contribution in [0.1, 0.15) is 34.6 Å². The molecule has 2 aromatic heterocycles. The second-order valence-corrected chi connectivity index (χ2v) is 7.91. The standard InChI is InChI=1S/C23H20F3N5O5/c24-23(25,26)36-18-10-16(30-9-3-5-19(30)32)7-6-14(18)12-28-21(34)17-11-20(33)31(22(35)29-17)13-15-4-1-2-8-27-15/h1-2,4,6-8,10-11H,3,5,9,12-13H2,(H,28,34)(H,29,35). The van der Waals surface area contributed by atoms with Crippen molar-refractivity contribution in [3.63, 3.8) is 0 Å². The van der Waals surface area contributed by atoms with E-state index in [0.717, 1.165) is 16.7 Å². The van der Waals surface area contributed by atoms with Crippen LogP contribution in [-0.2, 0) is 17.9 Å². The van der Waals surface area contributed by atoms with Crippen molar-refractivity contribution in [2.45, 2.75) is 32.3 Å². The minimum atomic E-state index is -5.00. The summed E-state index contributed by atoms with van der Waals surface area (Å²) in [5, 5.41) is 2.37. The summed E-state index contributed by atoms with van der Waals surface area (Å²) in [6.45, 7) is -0.141. The molecule has 0 aliphatic carbocycles. The van der Waals surface area contributed by atoms with Crippen LogP contribution >= 0.6 is 0 Å². The highest BCUT2D eigenvalue weighted by atomic mass is 19.4. The fourth-order valence-electron chi connectivity index (χ4n) is 3.71. The number of pyridine rings is 1. The second-order valence-electron chi connectivity index (χ2n) is 7.91. The molecule has 1 saturated heterocycles. The molecule has 0 atom stereocenters. The average molecular weight is 503 g/mol. The van der Waals surface area contributed by atoms with Gasteiger partial charge in [-0.25, -0.2) is 4.79 Å². The lowest BCUT2D eigenvalue weighted by atomic mass is 10.1. The van der Waals surface area contributed by atoms with Crippen molar-refractivity contribution in [2.75, 3.05) is 11.4 Å². The number of rotatable bonds is 7. The van der Waals surface area contributed by atoms with Crippen molar-refractivity contribution < 1.29 is 27.5 Å². The van der Waals surface area contributed by atoms with Gasteiger partial charge >= 0.3 is 12.1 Å². The van der Waals surface area contributed by atoms with Gasteiger partial charge in [-0.05, 0) is 24.6 Å². The molecule has 4 rings (SSSR count). The van der Waals surface area contributed by atoms with E-state index in [4.69, 9.17) is 0 Å². The summed E-state index contributed by atoms with van der Waals surface area (Å²) >= 11 is 0. The number of carbonyl (C=O) groups is 2. The van der Waals surface area contributed by atoms with Crippen LogP contribution in [0.4, 0.5) is 18.9 Å². The van der Waals surface area contributed by atoms with Gasteiger partial charge in [-0.15, -0.1) is 13.2 Å². The average Bonchev–Trinajstić information content (AvgIpc) is 3.25. The van der Waals surface area contributed by atoms with Gasteiger partial charge in [-0.3, -0.25) is 23.9 Å². The first-order valence-corrected chi connectivity index (χ1v) is 10.8. The number of halogens is 3. The fraction of sp³-hybridized carbons (Fsp3) is 0.261. The van der Waals surface area contributed by atoms with Crippen molar-refractivity contribution in [3.8, 4) is 5.75 Å². The SMILES string of the molecule is O=C(NCc1ccc(N2CCCC2=O)cc1OC(F)(F)F)c1cc(=O)n(Cc2ccccn2)c(=O)[nH]1. The maximum absolute atomic E-state index is 13.0. The first-order chi connectivity index (χ1) is 17.1. The largest absolute Gasteiger partial charge is 0.573 e. The van der Waals surface area contributed by atoms with Gasteiger partial charge in [0.1, 0.15) is 11.4 Å². The molecule has 0 bridgehead atoms. The highest BCUT2D eigenvalue weighted by Crippen LogP contribution is 2.32. The van der Waals surface area contributed by atoms with Crippen molar-refractivity contribution in [1.82, 2.24) is 19.9 Å². The van der Waals surface area contributed by atoms with Crippen LogP contribution in [0.15, 0.2) is 58.3 Å². The zero-order chi connectivity index (χ0) is 25.9. The number of hydrogen-bond donors (Lipinski definition) is 2. The molecule has 1 aliphatic rings. The van der Waals surface area contributed by atoms with E-state index in [-0.39, 0.29) is 29.4 Å². The number of anilines is 1. The van der Waals surface area contributed by atoms with Gasteiger partial charge in [-0.1, -0.05) is 12.1 Å². The fourth-order valence-corrected chi connectivity index (χ4v) is 3.71. The Hall–Kier alpha value is -4.42. The highest BCUT2D eigenvalue weighted by Gasteiger charge is 2.33. The first-order valence-electron chi connectivity index (χ1n) is 10.8. The summed E-state index contributed by atoms with van der Waals surface area (Å²) in [6, 6.07) is 9.74. The van der Waals surface area contributed by atoms with Crippen molar-refractivity contribution in [1.29, 1.82) is 0 Å². The molecule has 188 valence electrons. The minimum absolute atomic E-state index is 0.0260. The molecule has 1 aliphatic heterocycles. The Labute approximate surface area is 201 Å². The molecule has 0 unspecified atom stereocenters. The van der Waals surface area contributed by atoms with Gasteiger partial charge in [-0.2, -0.15) is 0 Å². The number of nitrogens with one attached hydrogen (secondary N) is 2. The summed E-state index contributed by atoms with van der Waals surface area (Å²) in [5.41, 5.74) is -1.29. The number of H-pyrrole nitrogens is 1. The number of hydrogen-bond acceptors (Lipinski definition) is 6. The van der Waals surface area contributed by atoms with E-state index in [2.05, 4.69) is 20.0 Å². The van der Waals surface area contributed by atoms with Crippen molar-refractivity contribution in [2.24, 2.45) is 0 Å². The van der Waals surface area contributed by atoms with E-state index in [1.54, 1.807) is 18.2 Å². The maximum atomic E-state index is 13.0. The zero-order valence-corrected chi connectivity index (χ0v) is 18.7. The van der Waals surface area contributed by atoms with Crippen LogP contribution in [0.3, 0.4) is 0 Å². The Morgan fingerprint density at radius 1 is 1.14 bits per heavy atom. The van der Waals surface area contributed by atoms with Crippen LogP contribution < -0.4 is 26.2 Å². The molecule has 1 fully saturated rings. The predicted octanol–water partition coefficient (Wildman–Crippen LogP) is 1.94. The van der Waals surface area contributed by atoms with E-state index in [1.165, 1.54) is 23.2 Å².